The molecule has 0 radical (unpaired) electrons. The van der Waals surface area contributed by atoms with Gasteiger partial charge in [0.15, 0.2) is 0 Å². The predicted molar refractivity (Wildman–Crippen MR) is 62.2 cm³/mol. The summed E-state index contributed by atoms with van der Waals surface area (Å²) in [6.45, 7) is 6.38. The zero-order valence-electron chi connectivity index (χ0n) is 10.2. The van der Waals surface area contributed by atoms with E-state index in [9.17, 15) is 4.79 Å². The third-order valence-electron chi connectivity index (χ3n) is 3.19. The van der Waals surface area contributed by atoms with E-state index >= 15 is 0 Å². The molecule has 1 saturated heterocycles. The number of carbonyl (C=O) groups excluding carboxylic acids is 1. The van der Waals surface area contributed by atoms with E-state index in [0.717, 1.165) is 19.0 Å². The van der Waals surface area contributed by atoms with Crippen LogP contribution in [-0.4, -0.2) is 48.7 Å². The molecular weight excluding hydrogens is 204 g/mol. The number of ether oxygens (including phenoxy) is 1. The van der Waals surface area contributed by atoms with Crippen LogP contribution in [0.4, 0.5) is 0 Å². The van der Waals surface area contributed by atoms with E-state index in [1.165, 1.54) is 19.4 Å². The molecule has 92 valence electrons. The van der Waals surface area contributed by atoms with Crippen molar-refractivity contribution < 1.29 is 9.53 Å². The first-order chi connectivity index (χ1) is 7.65. The van der Waals surface area contributed by atoms with Gasteiger partial charge in [0.05, 0.1) is 12.6 Å². The number of likely N-dealkylation sites (tertiary alicyclic amines) is 1. The Morgan fingerprint density at radius 1 is 1.44 bits per heavy atom. The molecule has 2 rings (SSSR count). The molecule has 16 heavy (non-hydrogen) atoms. The molecule has 0 aromatic carbocycles. The van der Waals surface area contributed by atoms with Gasteiger partial charge in [0, 0.05) is 25.2 Å². The second kappa shape index (κ2) is 5.15. The molecule has 0 amide bonds. The summed E-state index contributed by atoms with van der Waals surface area (Å²) in [6.07, 6.45) is 3.87. The second-order valence-electron chi connectivity index (χ2n) is 5.13. The molecule has 2 aliphatic rings. The lowest BCUT2D eigenvalue weighted by Gasteiger charge is -2.15. The van der Waals surface area contributed by atoms with Crippen LogP contribution in [0.5, 0.6) is 0 Å². The van der Waals surface area contributed by atoms with Gasteiger partial charge in [0.1, 0.15) is 0 Å². The molecule has 4 nitrogen and oxygen atoms in total. The number of hydrogen-bond donors (Lipinski definition) is 1. The summed E-state index contributed by atoms with van der Waals surface area (Å²) in [7, 11) is 0. The molecule has 1 saturated carbocycles. The van der Waals surface area contributed by atoms with Crippen LogP contribution < -0.4 is 5.32 Å². The van der Waals surface area contributed by atoms with Crippen molar-refractivity contribution in [3.8, 4) is 0 Å². The van der Waals surface area contributed by atoms with E-state index in [1.807, 2.05) is 13.8 Å². The minimum atomic E-state index is -0.139. The van der Waals surface area contributed by atoms with Gasteiger partial charge in [-0.2, -0.15) is 0 Å². The van der Waals surface area contributed by atoms with Crippen molar-refractivity contribution in [1.82, 2.24) is 10.2 Å². The zero-order valence-corrected chi connectivity index (χ0v) is 10.2. The normalized spacial score (nSPS) is 26.3. The van der Waals surface area contributed by atoms with Gasteiger partial charge in [-0.15, -0.1) is 0 Å². The summed E-state index contributed by atoms with van der Waals surface area (Å²) < 4.78 is 5.08. The van der Waals surface area contributed by atoms with Crippen molar-refractivity contribution in [2.45, 2.75) is 51.3 Å². The summed E-state index contributed by atoms with van der Waals surface area (Å²) >= 11 is 0. The molecular formula is C12H22N2O2. The zero-order chi connectivity index (χ0) is 11.5. The Kier molecular flexibility index (Phi) is 3.82. The number of hydrogen-bond acceptors (Lipinski definition) is 4. The Balaban J connectivity index is 1.61. The lowest BCUT2D eigenvalue weighted by atomic mass is 10.2. The van der Waals surface area contributed by atoms with Crippen molar-refractivity contribution in [1.29, 1.82) is 0 Å². The minimum absolute atomic E-state index is 0.0131. The van der Waals surface area contributed by atoms with Gasteiger partial charge in [-0.25, -0.2) is 0 Å². The van der Waals surface area contributed by atoms with E-state index in [0.29, 0.717) is 12.6 Å². The third kappa shape index (κ3) is 3.46. The lowest BCUT2D eigenvalue weighted by Crippen LogP contribution is -2.37. The fourth-order valence-corrected chi connectivity index (χ4v) is 2.26. The van der Waals surface area contributed by atoms with Crippen LogP contribution in [0, 0.1) is 0 Å². The number of rotatable bonds is 5. The standard InChI is InChI=1S/C12H22N2O2/c1-9(2)16-12(15)7-13-10-5-6-14(8-10)11-3-4-11/h9-11,13H,3-8H2,1-2H3. The van der Waals surface area contributed by atoms with Gasteiger partial charge in [-0.05, 0) is 33.1 Å². The largest absolute Gasteiger partial charge is 0.462 e. The van der Waals surface area contributed by atoms with E-state index in [1.54, 1.807) is 0 Å². The van der Waals surface area contributed by atoms with Crippen LogP contribution in [-0.2, 0) is 9.53 Å². The monoisotopic (exact) mass is 226 g/mol. The summed E-state index contributed by atoms with van der Waals surface area (Å²) in [5.41, 5.74) is 0. The van der Waals surface area contributed by atoms with Crippen molar-refractivity contribution in [3.63, 3.8) is 0 Å². The van der Waals surface area contributed by atoms with Gasteiger partial charge < -0.3 is 10.1 Å². The average molecular weight is 226 g/mol. The van der Waals surface area contributed by atoms with E-state index < -0.39 is 0 Å². The maximum atomic E-state index is 11.3. The summed E-state index contributed by atoms with van der Waals surface area (Å²) in [4.78, 5) is 13.9. The Morgan fingerprint density at radius 2 is 2.19 bits per heavy atom. The highest BCUT2D eigenvalue weighted by molar-refractivity contribution is 5.71. The van der Waals surface area contributed by atoms with Crippen LogP contribution in [0.2, 0.25) is 0 Å². The molecule has 1 heterocycles. The van der Waals surface area contributed by atoms with Gasteiger partial charge in [-0.1, -0.05) is 0 Å². The Hall–Kier alpha value is -0.610. The number of esters is 1. The molecule has 0 aromatic heterocycles. The maximum Gasteiger partial charge on any atom is 0.320 e. The fraction of sp³-hybridized carbons (Fsp3) is 0.917. The Morgan fingerprint density at radius 3 is 2.81 bits per heavy atom. The molecule has 1 unspecified atom stereocenters. The van der Waals surface area contributed by atoms with Gasteiger partial charge >= 0.3 is 5.97 Å². The smallest absolute Gasteiger partial charge is 0.320 e. The first-order valence-electron chi connectivity index (χ1n) is 6.32. The predicted octanol–water partition coefficient (Wildman–Crippen LogP) is 0.764. The quantitative estimate of drug-likeness (QED) is 0.703. The third-order valence-corrected chi connectivity index (χ3v) is 3.19. The van der Waals surface area contributed by atoms with Crippen LogP contribution in [0.3, 0.4) is 0 Å². The van der Waals surface area contributed by atoms with Crippen LogP contribution in [0.15, 0.2) is 0 Å². The van der Waals surface area contributed by atoms with Gasteiger partial charge in [0.2, 0.25) is 0 Å². The molecule has 1 atom stereocenters. The number of carbonyl (C=O) groups is 1. The molecule has 1 aliphatic carbocycles. The number of nitrogens with zero attached hydrogens (tertiary/aromatic N) is 1. The van der Waals surface area contributed by atoms with Crippen molar-refractivity contribution in [2.24, 2.45) is 0 Å². The highest BCUT2D eigenvalue weighted by atomic mass is 16.5. The first-order valence-corrected chi connectivity index (χ1v) is 6.32. The molecule has 0 spiro atoms. The molecule has 4 heteroatoms. The topological polar surface area (TPSA) is 41.6 Å². The van der Waals surface area contributed by atoms with Crippen molar-refractivity contribution >= 4 is 5.97 Å². The molecule has 0 aromatic rings. The lowest BCUT2D eigenvalue weighted by molar-refractivity contribution is -0.146. The minimum Gasteiger partial charge on any atom is -0.462 e. The second-order valence-corrected chi connectivity index (χ2v) is 5.13. The van der Waals surface area contributed by atoms with Crippen molar-refractivity contribution in [2.75, 3.05) is 19.6 Å². The summed E-state index contributed by atoms with van der Waals surface area (Å²) in [5.74, 6) is -0.139. The van der Waals surface area contributed by atoms with E-state index in [-0.39, 0.29) is 12.1 Å². The highest BCUT2D eigenvalue weighted by Crippen LogP contribution is 2.29. The van der Waals surface area contributed by atoms with E-state index in [2.05, 4.69) is 10.2 Å². The van der Waals surface area contributed by atoms with Gasteiger partial charge in [0.25, 0.3) is 0 Å². The van der Waals surface area contributed by atoms with Crippen LogP contribution in [0.25, 0.3) is 0 Å². The Labute approximate surface area is 97.3 Å². The van der Waals surface area contributed by atoms with Crippen molar-refractivity contribution in [3.05, 3.63) is 0 Å². The summed E-state index contributed by atoms with van der Waals surface area (Å²) in [5, 5.41) is 3.28. The Bertz CT molecular complexity index is 251. The molecule has 1 N–H and O–H groups in total. The van der Waals surface area contributed by atoms with Crippen LogP contribution >= 0.6 is 0 Å². The summed E-state index contributed by atoms with van der Waals surface area (Å²) in [6, 6.07) is 1.31. The van der Waals surface area contributed by atoms with E-state index in [4.69, 9.17) is 4.74 Å². The molecule has 1 aliphatic heterocycles. The first kappa shape index (κ1) is 11.9. The number of nitrogens with one attached hydrogen (secondary N) is 1. The molecule has 2 fully saturated rings. The molecule has 0 bridgehead atoms. The van der Waals surface area contributed by atoms with Gasteiger partial charge in [-0.3, -0.25) is 9.69 Å². The fourth-order valence-electron chi connectivity index (χ4n) is 2.26. The SMILES string of the molecule is CC(C)OC(=O)CNC1CCN(C2CC2)C1. The maximum absolute atomic E-state index is 11.3. The highest BCUT2D eigenvalue weighted by Gasteiger charge is 2.34. The van der Waals surface area contributed by atoms with Crippen LogP contribution in [0.1, 0.15) is 33.1 Å². The average Bonchev–Trinajstić information content (AvgIpc) is 2.94.